The number of hydrogen-bond acceptors (Lipinski definition) is 0. The van der Waals surface area contributed by atoms with Crippen molar-refractivity contribution in [1.29, 1.82) is 0 Å². The molecular formula is C20H38. The van der Waals surface area contributed by atoms with E-state index in [1.165, 1.54) is 83.5 Å². The zero-order chi connectivity index (χ0) is 14.7. The summed E-state index contributed by atoms with van der Waals surface area (Å²) in [5.41, 5.74) is 0. The summed E-state index contributed by atoms with van der Waals surface area (Å²) in [5.74, 6) is 0. The van der Waals surface area contributed by atoms with E-state index in [-0.39, 0.29) is 0 Å². The molecule has 0 saturated carbocycles. The van der Waals surface area contributed by atoms with Crippen LogP contribution in [0.5, 0.6) is 0 Å². The van der Waals surface area contributed by atoms with E-state index in [1.807, 2.05) is 0 Å². The van der Waals surface area contributed by atoms with Crippen LogP contribution in [-0.4, -0.2) is 0 Å². The first-order valence-corrected chi connectivity index (χ1v) is 9.21. The van der Waals surface area contributed by atoms with Gasteiger partial charge in [-0.05, 0) is 32.1 Å². The van der Waals surface area contributed by atoms with Crippen LogP contribution in [0.2, 0.25) is 0 Å². The summed E-state index contributed by atoms with van der Waals surface area (Å²) in [6.07, 6.45) is 28.4. The molecule has 0 aliphatic carbocycles. The Balaban J connectivity index is 3.14. The molecule has 0 amide bonds. The Labute approximate surface area is 128 Å². The van der Waals surface area contributed by atoms with Gasteiger partial charge in [-0.25, -0.2) is 0 Å². The Bertz CT molecular complexity index is 212. The van der Waals surface area contributed by atoms with Crippen molar-refractivity contribution in [2.75, 3.05) is 0 Å². The molecule has 0 radical (unpaired) electrons. The zero-order valence-corrected chi connectivity index (χ0v) is 14.2. The molecule has 0 aromatic carbocycles. The number of hydrogen-bond donors (Lipinski definition) is 0. The monoisotopic (exact) mass is 278 g/mol. The van der Waals surface area contributed by atoms with Crippen molar-refractivity contribution in [3.8, 4) is 0 Å². The minimum atomic E-state index is 1.13. The lowest BCUT2D eigenvalue weighted by molar-refractivity contribution is 0.611. The molecule has 0 unspecified atom stereocenters. The van der Waals surface area contributed by atoms with Crippen LogP contribution in [0.25, 0.3) is 0 Å². The number of unbranched alkanes of at least 4 members (excludes halogenated alkanes) is 11. The molecule has 0 bridgehead atoms. The summed E-state index contributed by atoms with van der Waals surface area (Å²) in [6, 6.07) is 0. The molecule has 0 saturated heterocycles. The largest absolute Gasteiger partial charge is 0.0882 e. The molecule has 0 aliphatic heterocycles. The van der Waals surface area contributed by atoms with Gasteiger partial charge in [-0.15, -0.1) is 0 Å². The lowest BCUT2D eigenvalue weighted by Crippen LogP contribution is -1.77. The van der Waals surface area contributed by atoms with E-state index >= 15 is 0 Å². The molecule has 0 rings (SSSR count). The van der Waals surface area contributed by atoms with Crippen LogP contribution >= 0.6 is 0 Å². The molecule has 0 aromatic rings. The van der Waals surface area contributed by atoms with Crippen molar-refractivity contribution in [1.82, 2.24) is 0 Å². The first-order valence-electron chi connectivity index (χ1n) is 9.21. The van der Waals surface area contributed by atoms with Gasteiger partial charge in [0.15, 0.2) is 0 Å². The summed E-state index contributed by atoms with van der Waals surface area (Å²) >= 11 is 0. The second kappa shape index (κ2) is 18.5. The Kier molecular flexibility index (Phi) is 18.0. The van der Waals surface area contributed by atoms with Crippen LogP contribution in [-0.2, 0) is 0 Å². The van der Waals surface area contributed by atoms with Crippen LogP contribution < -0.4 is 0 Å². The Morgan fingerprint density at radius 3 is 1.30 bits per heavy atom. The maximum absolute atomic E-state index is 2.37. The highest BCUT2D eigenvalue weighted by atomic mass is 13.9. The average Bonchev–Trinajstić information content (AvgIpc) is 2.47. The highest BCUT2D eigenvalue weighted by Gasteiger charge is 1.88. The second-order valence-corrected chi connectivity index (χ2v) is 5.94. The third-order valence-corrected chi connectivity index (χ3v) is 3.80. The molecule has 0 aromatic heterocycles. The van der Waals surface area contributed by atoms with E-state index in [0.717, 1.165) is 6.42 Å². The first kappa shape index (κ1) is 19.5. The molecule has 20 heavy (non-hydrogen) atoms. The van der Waals surface area contributed by atoms with Gasteiger partial charge in [0.2, 0.25) is 0 Å². The fourth-order valence-corrected chi connectivity index (χ4v) is 2.41. The molecule has 0 fully saturated rings. The topological polar surface area (TPSA) is 0 Å². The predicted octanol–water partition coefficient (Wildman–Crippen LogP) is 7.60. The maximum Gasteiger partial charge on any atom is -0.0169 e. The molecule has 0 nitrogen and oxygen atoms in total. The van der Waals surface area contributed by atoms with Gasteiger partial charge in [0.25, 0.3) is 0 Å². The third kappa shape index (κ3) is 17.5. The summed E-state index contributed by atoms with van der Waals surface area (Å²) in [6.45, 7) is 4.55. The average molecular weight is 279 g/mol. The third-order valence-electron chi connectivity index (χ3n) is 3.80. The van der Waals surface area contributed by atoms with Crippen molar-refractivity contribution in [2.24, 2.45) is 0 Å². The van der Waals surface area contributed by atoms with Gasteiger partial charge in [-0.2, -0.15) is 0 Å². The highest BCUT2D eigenvalue weighted by Crippen LogP contribution is 2.08. The van der Waals surface area contributed by atoms with E-state index in [1.54, 1.807) is 0 Å². The van der Waals surface area contributed by atoms with Gasteiger partial charge in [0, 0.05) is 0 Å². The van der Waals surface area contributed by atoms with Crippen LogP contribution in [0.4, 0.5) is 0 Å². The minimum Gasteiger partial charge on any atom is -0.0882 e. The zero-order valence-electron chi connectivity index (χ0n) is 14.2. The van der Waals surface area contributed by atoms with Gasteiger partial charge in [-0.1, -0.05) is 95.9 Å². The molecule has 118 valence electrons. The van der Waals surface area contributed by atoms with E-state index in [9.17, 15) is 0 Å². The van der Waals surface area contributed by atoms with Crippen molar-refractivity contribution >= 4 is 0 Å². The maximum atomic E-state index is 2.37. The number of allylic oxidation sites excluding steroid dienone is 4. The van der Waals surface area contributed by atoms with Crippen LogP contribution in [0, 0.1) is 0 Å². The summed E-state index contributed by atoms with van der Waals surface area (Å²) in [4.78, 5) is 0. The Morgan fingerprint density at radius 1 is 0.450 bits per heavy atom. The lowest BCUT2D eigenvalue weighted by Gasteiger charge is -1.97. The fourth-order valence-electron chi connectivity index (χ4n) is 2.41. The molecule has 0 N–H and O–H groups in total. The number of rotatable bonds is 15. The van der Waals surface area contributed by atoms with E-state index < -0.39 is 0 Å². The molecule has 0 aliphatic rings. The second-order valence-electron chi connectivity index (χ2n) is 5.94. The predicted molar refractivity (Wildman–Crippen MR) is 94.3 cm³/mol. The molecule has 0 heterocycles. The van der Waals surface area contributed by atoms with E-state index in [2.05, 4.69) is 38.2 Å². The minimum absolute atomic E-state index is 1.13. The van der Waals surface area contributed by atoms with Crippen LogP contribution in [0.15, 0.2) is 24.3 Å². The summed E-state index contributed by atoms with van der Waals surface area (Å²) < 4.78 is 0. The summed E-state index contributed by atoms with van der Waals surface area (Å²) in [5, 5.41) is 0. The molecule has 0 spiro atoms. The molecular weight excluding hydrogens is 240 g/mol. The van der Waals surface area contributed by atoms with Gasteiger partial charge >= 0.3 is 0 Å². The standard InChI is InChI=1S/C20H38/c1-3-5-7-9-11-13-15-17-19-20-18-16-14-12-10-8-6-4-2/h15,17-18,20H,3-14,16,19H2,1-2H3/b17-15+,20-18+. The Hall–Kier alpha value is -0.520. The molecule has 0 atom stereocenters. The molecule has 0 heteroatoms. The van der Waals surface area contributed by atoms with Gasteiger partial charge < -0.3 is 0 Å². The smallest absolute Gasteiger partial charge is 0.0169 e. The van der Waals surface area contributed by atoms with Crippen molar-refractivity contribution < 1.29 is 0 Å². The van der Waals surface area contributed by atoms with E-state index in [4.69, 9.17) is 0 Å². The van der Waals surface area contributed by atoms with E-state index in [0.29, 0.717) is 0 Å². The van der Waals surface area contributed by atoms with Crippen molar-refractivity contribution in [3.63, 3.8) is 0 Å². The van der Waals surface area contributed by atoms with Gasteiger partial charge in [-0.3, -0.25) is 0 Å². The van der Waals surface area contributed by atoms with Crippen LogP contribution in [0.1, 0.15) is 104 Å². The SMILES string of the molecule is CCCCCCC/C=C/C/C=C/CCCCCCCC. The first-order chi connectivity index (χ1) is 9.91. The van der Waals surface area contributed by atoms with Crippen molar-refractivity contribution in [3.05, 3.63) is 24.3 Å². The van der Waals surface area contributed by atoms with Crippen molar-refractivity contribution in [2.45, 2.75) is 104 Å². The van der Waals surface area contributed by atoms with Gasteiger partial charge in [0.05, 0.1) is 0 Å². The quantitative estimate of drug-likeness (QED) is 0.214. The lowest BCUT2D eigenvalue weighted by atomic mass is 10.1. The van der Waals surface area contributed by atoms with Crippen LogP contribution in [0.3, 0.4) is 0 Å². The normalized spacial score (nSPS) is 11.9. The Morgan fingerprint density at radius 2 is 0.850 bits per heavy atom. The highest BCUT2D eigenvalue weighted by molar-refractivity contribution is 4.92. The van der Waals surface area contributed by atoms with Gasteiger partial charge in [0.1, 0.15) is 0 Å². The summed E-state index contributed by atoms with van der Waals surface area (Å²) in [7, 11) is 0. The fraction of sp³-hybridized carbons (Fsp3) is 0.800.